The predicted molar refractivity (Wildman–Crippen MR) is 75.3 cm³/mol. The Morgan fingerprint density at radius 1 is 1.55 bits per heavy atom. The van der Waals surface area contributed by atoms with E-state index in [0.717, 1.165) is 19.4 Å². The highest BCUT2D eigenvalue weighted by Crippen LogP contribution is 2.19. The van der Waals surface area contributed by atoms with Crippen LogP contribution in [0.5, 0.6) is 5.75 Å². The monoisotopic (exact) mass is 273 g/mol. The minimum Gasteiger partial charge on any atom is -0.491 e. The van der Waals surface area contributed by atoms with Crippen LogP contribution in [0.1, 0.15) is 18.4 Å². The molecule has 1 aliphatic heterocycles. The smallest absolute Gasteiger partial charge is 0.237 e. The Kier molecular flexibility index (Phi) is 4.97. The van der Waals surface area contributed by atoms with Crippen LogP contribution in [0.25, 0.3) is 0 Å². The van der Waals surface area contributed by atoms with E-state index >= 15 is 0 Å². The summed E-state index contributed by atoms with van der Waals surface area (Å²) in [5, 5.41) is 11.7. The largest absolute Gasteiger partial charge is 0.491 e. The van der Waals surface area contributed by atoms with Gasteiger partial charge in [-0.05, 0) is 31.5 Å². The molecule has 0 spiro atoms. The molecular formula is C15H19N3O2. The SMILES string of the molecule is CNC(=O)C1CCCN1CCOc1ccccc1C#N. The quantitative estimate of drug-likeness (QED) is 0.874. The molecule has 1 atom stereocenters. The Morgan fingerprint density at radius 3 is 3.10 bits per heavy atom. The molecule has 1 N–H and O–H groups in total. The first kappa shape index (κ1) is 14.4. The minimum absolute atomic E-state index is 0.0465. The molecule has 5 heteroatoms. The van der Waals surface area contributed by atoms with Gasteiger partial charge in [-0.3, -0.25) is 9.69 Å². The maximum Gasteiger partial charge on any atom is 0.237 e. The number of likely N-dealkylation sites (tertiary alicyclic amines) is 1. The third-order valence-corrected chi connectivity index (χ3v) is 3.56. The van der Waals surface area contributed by atoms with Crippen LogP contribution >= 0.6 is 0 Å². The maximum atomic E-state index is 11.7. The van der Waals surface area contributed by atoms with Crippen molar-refractivity contribution in [1.82, 2.24) is 10.2 Å². The van der Waals surface area contributed by atoms with Gasteiger partial charge in [0, 0.05) is 13.6 Å². The van der Waals surface area contributed by atoms with Crippen LogP contribution in [-0.2, 0) is 4.79 Å². The number of para-hydroxylation sites is 1. The fourth-order valence-electron chi connectivity index (χ4n) is 2.52. The molecule has 1 amide bonds. The molecule has 1 heterocycles. The van der Waals surface area contributed by atoms with Crippen molar-refractivity contribution < 1.29 is 9.53 Å². The summed E-state index contributed by atoms with van der Waals surface area (Å²) in [5.41, 5.74) is 0.539. The summed E-state index contributed by atoms with van der Waals surface area (Å²) in [6.45, 7) is 2.09. The zero-order valence-corrected chi connectivity index (χ0v) is 11.6. The Bertz CT molecular complexity index is 510. The lowest BCUT2D eigenvalue weighted by Gasteiger charge is -2.22. The summed E-state index contributed by atoms with van der Waals surface area (Å²) in [7, 11) is 1.67. The normalized spacial score (nSPS) is 18.5. The summed E-state index contributed by atoms with van der Waals surface area (Å²) >= 11 is 0. The predicted octanol–water partition coefficient (Wildman–Crippen LogP) is 1.15. The van der Waals surface area contributed by atoms with Crippen LogP contribution in [0.15, 0.2) is 24.3 Å². The van der Waals surface area contributed by atoms with Crippen molar-refractivity contribution in [2.75, 3.05) is 26.7 Å². The Balaban J connectivity index is 1.87. The number of likely N-dealkylation sites (N-methyl/N-ethyl adjacent to an activating group) is 1. The second-order valence-corrected chi connectivity index (χ2v) is 4.76. The highest BCUT2D eigenvalue weighted by atomic mass is 16.5. The lowest BCUT2D eigenvalue weighted by molar-refractivity contribution is -0.125. The fraction of sp³-hybridized carbons (Fsp3) is 0.467. The lowest BCUT2D eigenvalue weighted by atomic mass is 10.2. The fourth-order valence-corrected chi connectivity index (χ4v) is 2.52. The first-order valence-corrected chi connectivity index (χ1v) is 6.84. The van der Waals surface area contributed by atoms with Gasteiger partial charge in [0.1, 0.15) is 18.4 Å². The van der Waals surface area contributed by atoms with Gasteiger partial charge in [0.25, 0.3) is 0 Å². The molecule has 1 fully saturated rings. The highest BCUT2D eigenvalue weighted by molar-refractivity contribution is 5.81. The summed E-state index contributed by atoms with van der Waals surface area (Å²) in [6.07, 6.45) is 1.93. The molecule has 0 saturated carbocycles. The molecule has 1 aliphatic rings. The molecule has 2 rings (SSSR count). The molecule has 1 unspecified atom stereocenters. The van der Waals surface area contributed by atoms with Crippen LogP contribution in [0, 0.1) is 11.3 Å². The van der Waals surface area contributed by atoms with Gasteiger partial charge in [-0.1, -0.05) is 12.1 Å². The standard InChI is InChI=1S/C15H19N3O2/c1-17-15(19)13-6-4-8-18(13)9-10-20-14-7-3-2-5-12(14)11-16/h2-3,5,7,13H,4,6,8-10H2,1H3,(H,17,19). The van der Waals surface area contributed by atoms with Gasteiger partial charge in [-0.15, -0.1) is 0 Å². The first-order valence-electron chi connectivity index (χ1n) is 6.84. The number of benzene rings is 1. The number of hydrogen-bond donors (Lipinski definition) is 1. The second-order valence-electron chi connectivity index (χ2n) is 4.76. The van der Waals surface area contributed by atoms with E-state index in [1.54, 1.807) is 19.2 Å². The molecule has 1 aromatic rings. The van der Waals surface area contributed by atoms with E-state index in [0.29, 0.717) is 24.5 Å². The van der Waals surface area contributed by atoms with Crippen molar-refractivity contribution in [1.29, 1.82) is 5.26 Å². The Labute approximate surface area is 119 Å². The molecule has 1 aromatic carbocycles. The molecule has 0 aliphatic carbocycles. The van der Waals surface area contributed by atoms with Crippen LogP contribution in [0.3, 0.4) is 0 Å². The van der Waals surface area contributed by atoms with Crippen molar-refractivity contribution >= 4 is 5.91 Å². The van der Waals surface area contributed by atoms with Crippen molar-refractivity contribution in [3.8, 4) is 11.8 Å². The van der Waals surface area contributed by atoms with E-state index in [4.69, 9.17) is 10.00 Å². The number of hydrogen-bond acceptors (Lipinski definition) is 4. The van der Waals surface area contributed by atoms with Crippen molar-refractivity contribution in [3.63, 3.8) is 0 Å². The van der Waals surface area contributed by atoms with Gasteiger partial charge in [0.2, 0.25) is 5.91 Å². The van der Waals surface area contributed by atoms with Crippen LogP contribution in [-0.4, -0.2) is 43.6 Å². The average Bonchev–Trinajstić information content (AvgIpc) is 2.95. The number of ether oxygens (including phenoxy) is 1. The molecule has 0 radical (unpaired) electrons. The number of nitrogens with one attached hydrogen (secondary N) is 1. The van der Waals surface area contributed by atoms with Gasteiger partial charge >= 0.3 is 0 Å². The first-order chi connectivity index (χ1) is 9.76. The van der Waals surface area contributed by atoms with E-state index in [2.05, 4.69) is 16.3 Å². The number of nitrogens with zero attached hydrogens (tertiary/aromatic N) is 2. The van der Waals surface area contributed by atoms with E-state index in [1.807, 2.05) is 12.1 Å². The molecule has 20 heavy (non-hydrogen) atoms. The lowest BCUT2D eigenvalue weighted by Crippen LogP contribution is -2.43. The molecule has 0 aromatic heterocycles. The van der Waals surface area contributed by atoms with E-state index in [-0.39, 0.29) is 11.9 Å². The second kappa shape index (κ2) is 6.92. The maximum absolute atomic E-state index is 11.7. The van der Waals surface area contributed by atoms with Crippen molar-refractivity contribution in [3.05, 3.63) is 29.8 Å². The minimum atomic E-state index is -0.0465. The zero-order valence-electron chi connectivity index (χ0n) is 11.6. The zero-order chi connectivity index (χ0) is 14.4. The molecule has 5 nitrogen and oxygen atoms in total. The van der Waals surface area contributed by atoms with E-state index in [1.165, 1.54) is 0 Å². The third kappa shape index (κ3) is 3.28. The summed E-state index contributed by atoms with van der Waals surface area (Å²) in [4.78, 5) is 13.9. The summed E-state index contributed by atoms with van der Waals surface area (Å²) < 4.78 is 5.66. The van der Waals surface area contributed by atoms with E-state index in [9.17, 15) is 4.79 Å². The molecule has 106 valence electrons. The number of carbonyl (C=O) groups is 1. The van der Waals surface area contributed by atoms with Crippen molar-refractivity contribution in [2.24, 2.45) is 0 Å². The number of rotatable bonds is 5. The van der Waals surface area contributed by atoms with Gasteiger partial charge in [0.15, 0.2) is 0 Å². The van der Waals surface area contributed by atoms with Gasteiger partial charge < -0.3 is 10.1 Å². The topological polar surface area (TPSA) is 65.4 Å². The molecule has 1 saturated heterocycles. The highest BCUT2D eigenvalue weighted by Gasteiger charge is 2.29. The number of amides is 1. The molecule has 0 bridgehead atoms. The van der Waals surface area contributed by atoms with Gasteiger partial charge in [-0.2, -0.15) is 5.26 Å². The van der Waals surface area contributed by atoms with Crippen molar-refractivity contribution in [2.45, 2.75) is 18.9 Å². The number of nitriles is 1. The van der Waals surface area contributed by atoms with Gasteiger partial charge in [-0.25, -0.2) is 0 Å². The Hall–Kier alpha value is -2.06. The van der Waals surface area contributed by atoms with E-state index < -0.39 is 0 Å². The van der Waals surface area contributed by atoms with Crippen LogP contribution in [0.2, 0.25) is 0 Å². The Morgan fingerprint density at radius 2 is 2.35 bits per heavy atom. The van der Waals surface area contributed by atoms with Crippen LogP contribution < -0.4 is 10.1 Å². The molecular weight excluding hydrogens is 254 g/mol. The summed E-state index contributed by atoms with van der Waals surface area (Å²) in [5.74, 6) is 0.672. The van der Waals surface area contributed by atoms with Gasteiger partial charge in [0.05, 0.1) is 11.6 Å². The average molecular weight is 273 g/mol. The third-order valence-electron chi connectivity index (χ3n) is 3.56. The summed E-state index contributed by atoms with van der Waals surface area (Å²) in [6, 6.07) is 9.25. The number of carbonyl (C=O) groups excluding carboxylic acids is 1. The van der Waals surface area contributed by atoms with Crippen LogP contribution in [0.4, 0.5) is 0 Å².